The van der Waals surface area contributed by atoms with Crippen molar-refractivity contribution in [1.29, 1.82) is 0 Å². The van der Waals surface area contributed by atoms with Crippen molar-refractivity contribution in [2.45, 2.75) is 23.3 Å². The molecule has 1 aliphatic carbocycles. The molecule has 0 spiro atoms. The van der Waals surface area contributed by atoms with Gasteiger partial charge in [0.05, 0.1) is 24.7 Å². The van der Waals surface area contributed by atoms with E-state index in [2.05, 4.69) is 0 Å². The molecule has 4 heteroatoms. The molecule has 1 saturated carbocycles. The number of benzene rings is 1. The average molecular weight is 240 g/mol. The van der Waals surface area contributed by atoms with Crippen LogP contribution in [0.4, 0.5) is 0 Å². The SMILES string of the molecule is COc1cc(C2(O)CC2)cc(OC)c1SC. The van der Waals surface area contributed by atoms with Crippen LogP contribution < -0.4 is 9.47 Å². The first kappa shape index (κ1) is 11.6. The highest BCUT2D eigenvalue weighted by molar-refractivity contribution is 7.98. The van der Waals surface area contributed by atoms with Gasteiger partial charge in [-0.05, 0) is 36.8 Å². The van der Waals surface area contributed by atoms with Crippen LogP contribution in [0.15, 0.2) is 17.0 Å². The van der Waals surface area contributed by atoms with Gasteiger partial charge >= 0.3 is 0 Å². The Hall–Kier alpha value is -0.870. The third-order valence-corrected chi connectivity index (χ3v) is 3.74. The first-order valence-corrected chi connectivity index (χ1v) is 6.40. The highest BCUT2D eigenvalue weighted by Crippen LogP contribution is 2.49. The number of methoxy groups -OCH3 is 2. The van der Waals surface area contributed by atoms with Gasteiger partial charge in [-0.1, -0.05) is 0 Å². The van der Waals surface area contributed by atoms with Gasteiger partial charge in [0, 0.05) is 0 Å². The van der Waals surface area contributed by atoms with Crippen molar-refractivity contribution in [2.75, 3.05) is 20.5 Å². The molecule has 88 valence electrons. The van der Waals surface area contributed by atoms with E-state index in [9.17, 15) is 5.11 Å². The van der Waals surface area contributed by atoms with Crippen molar-refractivity contribution in [3.05, 3.63) is 17.7 Å². The minimum absolute atomic E-state index is 0.655. The van der Waals surface area contributed by atoms with Crippen molar-refractivity contribution in [2.24, 2.45) is 0 Å². The smallest absolute Gasteiger partial charge is 0.136 e. The topological polar surface area (TPSA) is 38.7 Å². The van der Waals surface area contributed by atoms with Gasteiger partial charge in [-0.25, -0.2) is 0 Å². The lowest BCUT2D eigenvalue weighted by atomic mass is 10.1. The standard InChI is InChI=1S/C12H16O3S/c1-14-9-6-8(12(13)4-5-12)7-10(15-2)11(9)16-3/h6-7,13H,4-5H2,1-3H3. The normalized spacial score (nSPS) is 17.0. The van der Waals surface area contributed by atoms with Crippen LogP contribution >= 0.6 is 11.8 Å². The minimum atomic E-state index is -0.655. The first-order valence-electron chi connectivity index (χ1n) is 5.17. The van der Waals surface area contributed by atoms with Crippen molar-refractivity contribution in [3.8, 4) is 11.5 Å². The van der Waals surface area contributed by atoms with E-state index >= 15 is 0 Å². The lowest BCUT2D eigenvalue weighted by Crippen LogP contribution is -2.05. The summed E-state index contributed by atoms with van der Waals surface area (Å²) in [5.74, 6) is 1.53. The molecule has 1 aliphatic rings. The Kier molecular flexibility index (Phi) is 3.04. The molecule has 0 atom stereocenters. The zero-order valence-electron chi connectivity index (χ0n) is 9.74. The summed E-state index contributed by atoms with van der Waals surface area (Å²) in [6, 6.07) is 3.81. The van der Waals surface area contributed by atoms with Crippen LogP contribution in [-0.4, -0.2) is 25.6 Å². The molecule has 3 nitrogen and oxygen atoms in total. The summed E-state index contributed by atoms with van der Waals surface area (Å²) in [5, 5.41) is 10.1. The number of ether oxygens (including phenoxy) is 2. The fourth-order valence-corrected chi connectivity index (χ4v) is 2.44. The Balaban J connectivity index is 2.50. The fourth-order valence-electron chi connectivity index (χ4n) is 1.76. The average Bonchev–Trinajstić information content (AvgIpc) is 3.06. The van der Waals surface area contributed by atoms with Crippen molar-refractivity contribution in [1.82, 2.24) is 0 Å². The van der Waals surface area contributed by atoms with Gasteiger partial charge in [-0.15, -0.1) is 11.8 Å². The maximum atomic E-state index is 10.1. The summed E-state index contributed by atoms with van der Waals surface area (Å²) >= 11 is 1.58. The Morgan fingerprint density at radius 3 is 2.00 bits per heavy atom. The largest absolute Gasteiger partial charge is 0.495 e. The summed E-state index contributed by atoms with van der Waals surface area (Å²) in [5.41, 5.74) is 0.233. The molecule has 0 unspecified atom stereocenters. The van der Waals surface area contributed by atoms with E-state index in [1.54, 1.807) is 26.0 Å². The second-order valence-electron chi connectivity index (χ2n) is 3.95. The molecule has 2 rings (SSSR count). The molecule has 1 aromatic carbocycles. The predicted octanol–water partition coefficient (Wildman–Crippen LogP) is 2.41. The molecule has 0 amide bonds. The van der Waals surface area contributed by atoms with Crippen molar-refractivity contribution >= 4 is 11.8 Å². The van der Waals surface area contributed by atoms with Gasteiger partial charge in [-0.3, -0.25) is 0 Å². The van der Waals surface area contributed by atoms with Gasteiger partial charge in [0.2, 0.25) is 0 Å². The molecule has 0 radical (unpaired) electrons. The van der Waals surface area contributed by atoms with E-state index < -0.39 is 5.60 Å². The second-order valence-corrected chi connectivity index (χ2v) is 4.76. The van der Waals surface area contributed by atoms with Gasteiger partial charge < -0.3 is 14.6 Å². The summed E-state index contributed by atoms with van der Waals surface area (Å²) in [6.45, 7) is 0. The zero-order chi connectivity index (χ0) is 11.8. The highest BCUT2D eigenvalue weighted by atomic mass is 32.2. The Morgan fingerprint density at radius 1 is 1.19 bits per heavy atom. The van der Waals surface area contributed by atoms with Gasteiger partial charge in [0.1, 0.15) is 11.5 Å². The number of hydrogen-bond donors (Lipinski definition) is 1. The molecular weight excluding hydrogens is 224 g/mol. The van der Waals surface area contributed by atoms with Crippen molar-refractivity contribution in [3.63, 3.8) is 0 Å². The maximum absolute atomic E-state index is 10.1. The van der Waals surface area contributed by atoms with E-state index in [4.69, 9.17) is 9.47 Å². The van der Waals surface area contributed by atoms with Crippen LogP contribution in [0.1, 0.15) is 18.4 Å². The molecule has 0 heterocycles. The maximum Gasteiger partial charge on any atom is 0.136 e. The monoisotopic (exact) mass is 240 g/mol. The van der Waals surface area contributed by atoms with Crippen LogP contribution in [-0.2, 0) is 5.60 Å². The molecule has 0 saturated heterocycles. The lowest BCUT2D eigenvalue weighted by Gasteiger charge is -2.16. The van der Waals surface area contributed by atoms with E-state index in [1.807, 2.05) is 18.4 Å². The quantitative estimate of drug-likeness (QED) is 0.820. The van der Waals surface area contributed by atoms with Crippen LogP contribution in [0, 0.1) is 0 Å². The van der Waals surface area contributed by atoms with Crippen LogP contribution in [0.25, 0.3) is 0 Å². The molecule has 1 aromatic rings. The van der Waals surface area contributed by atoms with Crippen LogP contribution in [0.5, 0.6) is 11.5 Å². The highest BCUT2D eigenvalue weighted by Gasteiger charge is 2.43. The fraction of sp³-hybridized carbons (Fsp3) is 0.500. The van der Waals surface area contributed by atoms with E-state index in [1.165, 1.54) is 0 Å². The molecule has 0 bridgehead atoms. The Morgan fingerprint density at radius 2 is 1.69 bits per heavy atom. The first-order chi connectivity index (χ1) is 7.64. The lowest BCUT2D eigenvalue weighted by molar-refractivity contribution is 0.150. The van der Waals surface area contributed by atoms with E-state index in [0.29, 0.717) is 0 Å². The van der Waals surface area contributed by atoms with E-state index in [-0.39, 0.29) is 0 Å². The third-order valence-electron chi connectivity index (χ3n) is 2.93. The summed E-state index contributed by atoms with van der Waals surface area (Å²) in [4.78, 5) is 0.970. The Bertz CT molecular complexity index is 374. The van der Waals surface area contributed by atoms with Crippen LogP contribution in [0.3, 0.4) is 0 Å². The van der Waals surface area contributed by atoms with E-state index in [0.717, 1.165) is 34.8 Å². The Labute approximate surface area is 99.8 Å². The summed E-state index contributed by atoms with van der Waals surface area (Å²) < 4.78 is 10.7. The summed E-state index contributed by atoms with van der Waals surface area (Å²) in [6.07, 6.45) is 3.61. The van der Waals surface area contributed by atoms with Gasteiger partial charge in [0.25, 0.3) is 0 Å². The molecule has 1 N–H and O–H groups in total. The number of thioether (sulfide) groups is 1. The minimum Gasteiger partial charge on any atom is -0.495 e. The van der Waals surface area contributed by atoms with Gasteiger partial charge in [-0.2, -0.15) is 0 Å². The summed E-state index contributed by atoms with van der Waals surface area (Å²) in [7, 11) is 3.27. The molecular formula is C12H16O3S. The zero-order valence-corrected chi connectivity index (χ0v) is 10.6. The number of hydrogen-bond acceptors (Lipinski definition) is 4. The van der Waals surface area contributed by atoms with Gasteiger partial charge in [0.15, 0.2) is 0 Å². The molecule has 16 heavy (non-hydrogen) atoms. The molecule has 0 aliphatic heterocycles. The number of rotatable bonds is 4. The number of aliphatic hydroxyl groups is 1. The third kappa shape index (κ3) is 1.87. The molecule has 1 fully saturated rings. The molecule has 0 aromatic heterocycles. The second kappa shape index (κ2) is 4.18. The predicted molar refractivity (Wildman–Crippen MR) is 64.5 cm³/mol. The van der Waals surface area contributed by atoms with Crippen molar-refractivity contribution < 1.29 is 14.6 Å². The van der Waals surface area contributed by atoms with Crippen LogP contribution in [0.2, 0.25) is 0 Å².